The summed E-state index contributed by atoms with van der Waals surface area (Å²) >= 11 is 6.07. The number of nitrogens with one attached hydrogen (secondary N) is 1. The van der Waals surface area contributed by atoms with E-state index in [2.05, 4.69) is 5.32 Å². The lowest BCUT2D eigenvalue weighted by Crippen LogP contribution is -2.55. The largest absolute Gasteiger partial charge is 0.352 e. The van der Waals surface area contributed by atoms with Crippen LogP contribution >= 0.6 is 11.6 Å². The van der Waals surface area contributed by atoms with Gasteiger partial charge in [0.1, 0.15) is 12.6 Å². The molecule has 1 aliphatic carbocycles. The Labute approximate surface area is 250 Å². The van der Waals surface area contributed by atoms with Crippen LogP contribution < -0.4 is 9.62 Å². The van der Waals surface area contributed by atoms with Gasteiger partial charge in [-0.2, -0.15) is 0 Å². The highest BCUT2D eigenvalue weighted by atomic mass is 35.5. The molecule has 3 aromatic rings. The van der Waals surface area contributed by atoms with Gasteiger partial charge in [0.25, 0.3) is 0 Å². The van der Waals surface area contributed by atoms with E-state index in [9.17, 15) is 26.8 Å². The standard InChI is InChI=1S/C31H34ClF2N3O4S/c1-42(40,41)37(26-16-17-27(33)28(34)19-26)21-30(38)36(20-23-12-14-24(32)15-13-23)29(18-22-8-4-2-5-9-22)31(39)35-25-10-6-3-7-11-25/h2,4-5,8-9,12-17,19,25,29H,3,6-7,10-11,18,20-21H2,1H3,(H,35,39)/t29-/m0/s1. The Balaban J connectivity index is 1.72. The second kappa shape index (κ2) is 14.1. The molecule has 2 amide bonds. The van der Waals surface area contributed by atoms with Crippen LogP contribution in [-0.4, -0.2) is 50.0 Å². The summed E-state index contributed by atoms with van der Waals surface area (Å²) < 4.78 is 54.0. The average molecular weight is 618 g/mol. The van der Waals surface area contributed by atoms with Gasteiger partial charge in [0.15, 0.2) is 11.6 Å². The van der Waals surface area contributed by atoms with E-state index >= 15 is 0 Å². The lowest BCUT2D eigenvalue weighted by molar-refractivity contribution is -0.140. The minimum atomic E-state index is -4.10. The molecule has 1 atom stereocenters. The molecule has 0 aliphatic heterocycles. The number of sulfonamides is 1. The number of nitrogens with zero attached hydrogens (tertiary/aromatic N) is 2. The van der Waals surface area contributed by atoms with Gasteiger partial charge in [0.05, 0.1) is 11.9 Å². The maximum Gasteiger partial charge on any atom is 0.244 e. The van der Waals surface area contributed by atoms with Crippen molar-refractivity contribution in [2.24, 2.45) is 0 Å². The van der Waals surface area contributed by atoms with Crippen molar-refractivity contribution in [3.05, 3.63) is 101 Å². The highest BCUT2D eigenvalue weighted by Crippen LogP contribution is 2.24. The van der Waals surface area contributed by atoms with Gasteiger partial charge in [0, 0.05) is 30.1 Å². The molecule has 11 heteroatoms. The molecule has 0 saturated heterocycles. The van der Waals surface area contributed by atoms with Crippen LogP contribution in [0.2, 0.25) is 5.02 Å². The van der Waals surface area contributed by atoms with E-state index in [4.69, 9.17) is 11.6 Å². The second-order valence-electron chi connectivity index (χ2n) is 10.6. The zero-order valence-electron chi connectivity index (χ0n) is 23.3. The van der Waals surface area contributed by atoms with Gasteiger partial charge in [-0.15, -0.1) is 0 Å². The summed E-state index contributed by atoms with van der Waals surface area (Å²) in [5, 5.41) is 3.62. The zero-order chi connectivity index (χ0) is 30.3. The molecule has 1 aliphatic rings. The van der Waals surface area contributed by atoms with E-state index in [1.807, 2.05) is 30.3 Å². The van der Waals surface area contributed by atoms with Gasteiger partial charge in [-0.25, -0.2) is 17.2 Å². The first-order valence-corrected chi connectivity index (χ1v) is 16.0. The highest BCUT2D eigenvalue weighted by molar-refractivity contribution is 7.92. The molecule has 0 unspecified atom stereocenters. The maximum absolute atomic E-state index is 14.1. The Hall–Kier alpha value is -3.50. The lowest BCUT2D eigenvalue weighted by atomic mass is 9.94. The van der Waals surface area contributed by atoms with Crippen molar-refractivity contribution < 1.29 is 26.8 Å². The number of halogens is 3. The first-order valence-electron chi connectivity index (χ1n) is 13.8. The third kappa shape index (κ3) is 8.51. The fourth-order valence-corrected chi connectivity index (χ4v) is 6.11. The molecule has 0 heterocycles. The lowest BCUT2D eigenvalue weighted by Gasteiger charge is -2.35. The summed E-state index contributed by atoms with van der Waals surface area (Å²) in [6.45, 7) is -0.736. The Morgan fingerprint density at radius 3 is 2.21 bits per heavy atom. The second-order valence-corrected chi connectivity index (χ2v) is 12.9. The molecule has 224 valence electrons. The third-order valence-corrected chi connectivity index (χ3v) is 8.75. The molecule has 0 bridgehead atoms. The Morgan fingerprint density at radius 1 is 0.929 bits per heavy atom. The summed E-state index contributed by atoms with van der Waals surface area (Å²) in [4.78, 5) is 29.3. The quantitative estimate of drug-likeness (QED) is 0.309. The molecular formula is C31H34ClF2N3O4S. The number of anilines is 1. The number of hydrogen-bond donors (Lipinski definition) is 1. The molecule has 1 fully saturated rings. The van der Waals surface area contributed by atoms with Gasteiger partial charge in [-0.3, -0.25) is 13.9 Å². The van der Waals surface area contributed by atoms with Crippen LogP contribution in [0.25, 0.3) is 0 Å². The Morgan fingerprint density at radius 2 is 1.60 bits per heavy atom. The Bertz CT molecular complexity index is 1480. The predicted molar refractivity (Wildman–Crippen MR) is 159 cm³/mol. The monoisotopic (exact) mass is 617 g/mol. The summed E-state index contributed by atoms with van der Waals surface area (Å²) in [5.74, 6) is -3.42. The fourth-order valence-electron chi connectivity index (χ4n) is 5.14. The Kier molecular flexibility index (Phi) is 10.6. The smallest absolute Gasteiger partial charge is 0.244 e. The molecule has 7 nitrogen and oxygen atoms in total. The van der Waals surface area contributed by atoms with Crippen LogP contribution in [0.4, 0.5) is 14.5 Å². The molecular weight excluding hydrogens is 584 g/mol. The topological polar surface area (TPSA) is 86.8 Å². The van der Waals surface area contributed by atoms with Crippen molar-refractivity contribution in [2.75, 3.05) is 17.1 Å². The molecule has 1 saturated carbocycles. The molecule has 0 radical (unpaired) electrons. The molecule has 3 aromatic carbocycles. The number of carbonyl (C=O) groups is 2. The minimum absolute atomic E-state index is 0.0129. The SMILES string of the molecule is CS(=O)(=O)N(CC(=O)N(Cc1ccc(Cl)cc1)[C@@H](Cc1ccccc1)C(=O)NC1CCCCC1)c1ccc(F)c(F)c1. The summed E-state index contributed by atoms with van der Waals surface area (Å²) in [6.07, 6.45) is 5.84. The summed E-state index contributed by atoms with van der Waals surface area (Å²) in [6, 6.07) is 17.6. The number of hydrogen-bond acceptors (Lipinski definition) is 4. The predicted octanol–water partition coefficient (Wildman–Crippen LogP) is 5.47. The van der Waals surface area contributed by atoms with E-state index in [1.54, 1.807) is 24.3 Å². The zero-order valence-corrected chi connectivity index (χ0v) is 24.9. The van der Waals surface area contributed by atoms with Gasteiger partial charge in [-0.1, -0.05) is 73.3 Å². The van der Waals surface area contributed by atoms with Crippen molar-refractivity contribution in [3.63, 3.8) is 0 Å². The minimum Gasteiger partial charge on any atom is -0.352 e. The van der Waals surface area contributed by atoms with E-state index in [-0.39, 0.29) is 30.6 Å². The highest BCUT2D eigenvalue weighted by Gasteiger charge is 2.34. The van der Waals surface area contributed by atoms with E-state index in [1.165, 1.54) is 4.90 Å². The van der Waals surface area contributed by atoms with Crippen molar-refractivity contribution >= 4 is 39.1 Å². The van der Waals surface area contributed by atoms with Crippen molar-refractivity contribution in [1.29, 1.82) is 0 Å². The van der Waals surface area contributed by atoms with E-state index in [0.29, 0.717) is 14.9 Å². The molecule has 42 heavy (non-hydrogen) atoms. The number of carbonyl (C=O) groups excluding carboxylic acids is 2. The van der Waals surface area contributed by atoms with Crippen LogP contribution in [0.15, 0.2) is 72.8 Å². The van der Waals surface area contributed by atoms with Crippen LogP contribution in [0, 0.1) is 11.6 Å². The van der Waals surface area contributed by atoms with Gasteiger partial charge in [-0.05, 0) is 48.2 Å². The molecule has 1 N–H and O–H groups in total. The fraction of sp³-hybridized carbons (Fsp3) is 0.355. The van der Waals surface area contributed by atoms with E-state index < -0.39 is 40.2 Å². The van der Waals surface area contributed by atoms with Gasteiger partial charge in [0.2, 0.25) is 21.8 Å². The number of benzene rings is 3. The first kappa shape index (κ1) is 31.4. The van der Waals surface area contributed by atoms with Crippen LogP contribution in [0.1, 0.15) is 43.2 Å². The van der Waals surface area contributed by atoms with Crippen LogP contribution in [0.3, 0.4) is 0 Å². The normalized spacial score (nSPS) is 14.7. The van der Waals surface area contributed by atoms with Crippen molar-refractivity contribution in [1.82, 2.24) is 10.2 Å². The van der Waals surface area contributed by atoms with Crippen molar-refractivity contribution in [3.8, 4) is 0 Å². The van der Waals surface area contributed by atoms with E-state index in [0.717, 1.165) is 62.1 Å². The first-order chi connectivity index (χ1) is 20.0. The van der Waals surface area contributed by atoms with Crippen molar-refractivity contribution in [2.45, 2.75) is 57.2 Å². The van der Waals surface area contributed by atoms with Crippen LogP contribution in [0.5, 0.6) is 0 Å². The maximum atomic E-state index is 14.1. The molecule has 4 rings (SSSR count). The molecule has 0 spiro atoms. The summed E-state index contributed by atoms with van der Waals surface area (Å²) in [5.41, 5.74) is 1.29. The van der Waals surface area contributed by atoms with Gasteiger partial charge >= 0.3 is 0 Å². The van der Waals surface area contributed by atoms with Crippen LogP contribution in [-0.2, 0) is 32.6 Å². The third-order valence-electron chi connectivity index (χ3n) is 7.36. The summed E-state index contributed by atoms with van der Waals surface area (Å²) in [7, 11) is -4.10. The van der Waals surface area contributed by atoms with Gasteiger partial charge < -0.3 is 10.2 Å². The number of amides is 2. The molecule has 0 aromatic heterocycles. The average Bonchev–Trinajstić information content (AvgIpc) is 2.96. The number of rotatable bonds is 11.